The van der Waals surface area contributed by atoms with Gasteiger partial charge < -0.3 is 15.4 Å². The van der Waals surface area contributed by atoms with Crippen molar-refractivity contribution >= 4 is 23.5 Å². The summed E-state index contributed by atoms with van der Waals surface area (Å²) in [5.41, 5.74) is 4.67. The molecular weight excluding hydrogens is 251 g/mol. The van der Waals surface area contributed by atoms with Gasteiger partial charge in [0.2, 0.25) is 11.6 Å². The van der Waals surface area contributed by atoms with Gasteiger partial charge in [0.1, 0.15) is 5.82 Å². The number of nitrogens with zero attached hydrogens (tertiary/aromatic N) is 1. The molecule has 1 aromatic carbocycles. The average molecular weight is 257 g/mol. The van der Waals surface area contributed by atoms with Crippen molar-refractivity contribution < 1.29 is 18.8 Å². The van der Waals surface area contributed by atoms with Crippen LogP contribution in [0.2, 0.25) is 5.02 Å². The van der Waals surface area contributed by atoms with Gasteiger partial charge in [-0.1, -0.05) is 22.8 Å². The molecule has 7 heteroatoms. The van der Waals surface area contributed by atoms with E-state index >= 15 is 0 Å². The predicted octanol–water partition coefficient (Wildman–Crippen LogP) is 2.41. The molecule has 0 aliphatic rings. The fourth-order valence-electron chi connectivity index (χ4n) is 1.43. The lowest BCUT2D eigenvalue weighted by atomic mass is 10.0. The van der Waals surface area contributed by atoms with Crippen LogP contribution in [0.25, 0.3) is 11.1 Å². The van der Waals surface area contributed by atoms with Crippen molar-refractivity contribution in [2.24, 2.45) is 0 Å². The van der Waals surface area contributed by atoms with Gasteiger partial charge in [0.15, 0.2) is 0 Å². The van der Waals surface area contributed by atoms with Gasteiger partial charge in [0.05, 0.1) is 10.6 Å². The number of nitrogens with two attached hydrogens (primary N) is 1. The minimum Gasteiger partial charge on any atom is -0.476 e. The highest BCUT2D eigenvalue weighted by Gasteiger charge is 2.25. The molecule has 0 radical (unpaired) electrons. The quantitative estimate of drug-likeness (QED) is 0.861. The van der Waals surface area contributed by atoms with Gasteiger partial charge in [0, 0.05) is 5.56 Å². The van der Waals surface area contributed by atoms with Crippen LogP contribution in [0.5, 0.6) is 0 Å². The second kappa shape index (κ2) is 4.06. The number of nitrogen functional groups attached to an aromatic ring is 1. The smallest absolute Gasteiger partial charge is 0.358 e. The molecule has 2 rings (SSSR count). The Morgan fingerprint density at radius 2 is 2.18 bits per heavy atom. The van der Waals surface area contributed by atoms with Crippen LogP contribution in [0, 0.1) is 5.82 Å². The summed E-state index contributed by atoms with van der Waals surface area (Å²) < 4.78 is 18.2. The fourth-order valence-corrected chi connectivity index (χ4v) is 1.68. The minimum absolute atomic E-state index is 0.0300. The molecule has 0 bridgehead atoms. The lowest BCUT2D eigenvalue weighted by molar-refractivity contribution is 0.0686. The zero-order chi connectivity index (χ0) is 12.6. The van der Waals surface area contributed by atoms with Crippen molar-refractivity contribution in [2.45, 2.75) is 0 Å². The third-order valence-electron chi connectivity index (χ3n) is 2.13. The summed E-state index contributed by atoms with van der Waals surface area (Å²) in [5.74, 6) is -2.37. The molecule has 3 N–H and O–H groups in total. The lowest BCUT2D eigenvalue weighted by Crippen LogP contribution is -2.01. The summed E-state index contributed by atoms with van der Waals surface area (Å²) in [6.07, 6.45) is 0. The van der Waals surface area contributed by atoms with Crippen molar-refractivity contribution in [3.05, 3.63) is 34.7 Å². The maximum atomic E-state index is 13.6. The number of hydrogen-bond donors (Lipinski definition) is 2. The van der Waals surface area contributed by atoms with Crippen LogP contribution in [-0.4, -0.2) is 16.2 Å². The van der Waals surface area contributed by atoms with Crippen LogP contribution in [0.3, 0.4) is 0 Å². The Bertz CT molecular complexity index is 577. The van der Waals surface area contributed by atoms with E-state index in [-0.39, 0.29) is 22.0 Å². The van der Waals surface area contributed by atoms with Gasteiger partial charge in [-0.15, -0.1) is 0 Å². The van der Waals surface area contributed by atoms with E-state index in [2.05, 4.69) is 9.68 Å². The Kier molecular flexibility index (Phi) is 2.72. The number of carboxylic acids is 1. The normalized spacial score (nSPS) is 10.5. The van der Waals surface area contributed by atoms with Crippen LogP contribution in [0.15, 0.2) is 22.7 Å². The summed E-state index contributed by atoms with van der Waals surface area (Å²) >= 11 is 5.81. The van der Waals surface area contributed by atoms with Gasteiger partial charge in [-0.25, -0.2) is 9.18 Å². The second-order valence-electron chi connectivity index (χ2n) is 3.17. The molecule has 0 unspecified atom stereocenters. The molecule has 0 aliphatic heterocycles. The monoisotopic (exact) mass is 256 g/mol. The van der Waals surface area contributed by atoms with Crippen LogP contribution >= 0.6 is 11.6 Å². The SMILES string of the molecule is Nc1onc(C(=O)O)c1-c1c(F)cccc1Cl. The maximum absolute atomic E-state index is 13.6. The Labute approximate surface area is 99.6 Å². The second-order valence-corrected chi connectivity index (χ2v) is 3.58. The summed E-state index contributed by atoms with van der Waals surface area (Å²) in [6.45, 7) is 0. The molecule has 0 fully saturated rings. The van der Waals surface area contributed by atoms with Crippen LogP contribution < -0.4 is 5.73 Å². The summed E-state index contributed by atoms with van der Waals surface area (Å²) in [4.78, 5) is 10.9. The van der Waals surface area contributed by atoms with E-state index in [1.54, 1.807) is 0 Å². The Balaban J connectivity index is 2.76. The van der Waals surface area contributed by atoms with E-state index in [0.717, 1.165) is 6.07 Å². The minimum atomic E-state index is -1.38. The standard InChI is InChI=1S/C10H6ClFN2O3/c11-4-2-1-3-5(12)6(4)7-8(10(15)16)14-17-9(7)13/h1-3H,13H2,(H,15,16). The molecule has 17 heavy (non-hydrogen) atoms. The molecule has 1 heterocycles. The number of aromatic carboxylic acids is 1. The third kappa shape index (κ3) is 1.83. The van der Waals surface area contributed by atoms with Gasteiger partial charge in [-0.05, 0) is 12.1 Å². The predicted molar refractivity (Wildman–Crippen MR) is 58.3 cm³/mol. The zero-order valence-electron chi connectivity index (χ0n) is 8.28. The van der Waals surface area contributed by atoms with Gasteiger partial charge in [-0.2, -0.15) is 0 Å². The number of rotatable bonds is 2. The van der Waals surface area contributed by atoms with Crippen molar-refractivity contribution in [1.29, 1.82) is 0 Å². The summed E-state index contributed by atoms with van der Waals surface area (Å²) in [6, 6.07) is 3.95. The van der Waals surface area contributed by atoms with E-state index < -0.39 is 17.5 Å². The van der Waals surface area contributed by atoms with Crippen LogP contribution in [-0.2, 0) is 0 Å². The van der Waals surface area contributed by atoms with E-state index in [0.29, 0.717) is 0 Å². The number of benzene rings is 1. The molecule has 0 atom stereocenters. The first-order valence-corrected chi connectivity index (χ1v) is 4.83. The summed E-state index contributed by atoms with van der Waals surface area (Å²) in [7, 11) is 0. The number of halogens is 2. The van der Waals surface area contributed by atoms with Crippen LogP contribution in [0.4, 0.5) is 10.3 Å². The molecule has 0 saturated heterocycles. The largest absolute Gasteiger partial charge is 0.476 e. The van der Waals surface area contributed by atoms with Crippen molar-refractivity contribution in [3.63, 3.8) is 0 Å². The zero-order valence-corrected chi connectivity index (χ0v) is 9.03. The fraction of sp³-hybridized carbons (Fsp3) is 0. The average Bonchev–Trinajstić information content (AvgIpc) is 2.61. The van der Waals surface area contributed by atoms with Crippen LogP contribution in [0.1, 0.15) is 10.5 Å². The lowest BCUT2D eigenvalue weighted by Gasteiger charge is -2.04. The molecular formula is C10H6ClFN2O3. The van der Waals surface area contributed by atoms with Gasteiger partial charge >= 0.3 is 5.97 Å². The molecule has 0 saturated carbocycles. The highest BCUT2D eigenvalue weighted by molar-refractivity contribution is 6.33. The van der Waals surface area contributed by atoms with E-state index in [1.165, 1.54) is 12.1 Å². The Hall–Kier alpha value is -2.08. The molecule has 1 aromatic heterocycles. The first kappa shape index (κ1) is 11.4. The molecule has 0 amide bonds. The number of carboxylic acid groups (broad SMARTS) is 1. The molecule has 2 aromatic rings. The Morgan fingerprint density at radius 3 is 2.76 bits per heavy atom. The molecule has 0 aliphatic carbocycles. The van der Waals surface area contributed by atoms with E-state index in [9.17, 15) is 9.18 Å². The van der Waals surface area contributed by atoms with Crippen molar-refractivity contribution in [3.8, 4) is 11.1 Å². The van der Waals surface area contributed by atoms with Crippen molar-refractivity contribution in [2.75, 3.05) is 5.73 Å². The van der Waals surface area contributed by atoms with Crippen molar-refractivity contribution in [1.82, 2.24) is 5.16 Å². The molecule has 0 spiro atoms. The summed E-state index contributed by atoms with van der Waals surface area (Å²) in [5, 5.41) is 12.2. The number of hydrogen-bond acceptors (Lipinski definition) is 4. The number of carbonyl (C=O) groups is 1. The molecule has 5 nitrogen and oxygen atoms in total. The third-order valence-corrected chi connectivity index (χ3v) is 2.45. The van der Waals surface area contributed by atoms with Gasteiger partial charge in [-0.3, -0.25) is 0 Å². The molecule has 88 valence electrons. The first-order valence-electron chi connectivity index (χ1n) is 4.45. The first-order chi connectivity index (χ1) is 8.02. The maximum Gasteiger partial charge on any atom is 0.358 e. The van der Waals surface area contributed by atoms with E-state index in [4.69, 9.17) is 22.4 Å². The Morgan fingerprint density at radius 1 is 1.47 bits per heavy atom. The number of aromatic nitrogens is 1. The highest BCUT2D eigenvalue weighted by atomic mass is 35.5. The number of anilines is 1. The highest BCUT2D eigenvalue weighted by Crippen LogP contribution is 2.36. The topological polar surface area (TPSA) is 89.4 Å². The van der Waals surface area contributed by atoms with Gasteiger partial charge in [0.25, 0.3) is 0 Å². The van der Waals surface area contributed by atoms with E-state index in [1.807, 2.05) is 0 Å².